The van der Waals surface area contributed by atoms with Gasteiger partial charge in [-0.05, 0) is 24.3 Å². The molecule has 0 saturated heterocycles. The number of furan rings is 1. The number of anilines is 2. The van der Waals surface area contributed by atoms with E-state index < -0.39 is 0 Å². The van der Waals surface area contributed by atoms with Crippen LogP contribution in [0, 0.1) is 0 Å². The van der Waals surface area contributed by atoms with Crippen molar-refractivity contribution < 1.29 is 33.0 Å². The van der Waals surface area contributed by atoms with Gasteiger partial charge in [0.25, 0.3) is 5.01 Å². The Kier molecular flexibility index (Phi) is 4.67. The Balaban J connectivity index is 0.00000193. The molecule has 148 valence electrons. The van der Waals surface area contributed by atoms with Gasteiger partial charge in [-0.25, -0.2) is 0 Å². The van der Waals surface area contributed by atoms with Crippen LogP contribution in [0.5, 0.6) is 0 Å². The van der Waals surface area contributed by atoms with Crippen LogP contribution in [0.25, 0.3) is 32.8 Å². The number of thiazole rings is 1. The van der Waals surface area contributed by atoms with Crippen molar-refractivity contribution in [2.75, 3.05) is 11.9 Å². The van der Waals surface area contributed by atoms with E-state index in [9.17, 15) is 0 Å². The molecule has 0 bridgehead atoms. The van der Waals surface area contributed by atoms with Crippen molar-refractivity contribution in [2.24, 2.45) is 7.05 Å². The van der Waals surface area contributed by atoms with E-state index in [0.717, 1.165) is 28.0 Å². The monoisotopic (exact) mass is 522 g/mol. The lowest BCUT2D eigenvalue weighted by Gasteiger charge is -2.28. The number of nitrogens with zero attached hydrogens (tertiary/aromatic N) is 2. The lowest BCUT2D eigenvalue weighted by atomic mass is 9.94. The molecule has 0 radical (unpaired) electrons. The third kappa shape index (κ3) is 2.72. The van der Waals surface area contributed by atoms with E-state index in [1.807, 2.05) is 12.1 Å². The van der Waals surface area contributed by atoms with Crippen molar-refractivity contribution in [2.45, 2.75) is 0 Å². The van der Waals surface area contributed by atoms with Crippen LogP contribution < -0.4 is 33.4 Å². The van der Waals surface area contributed by atoms with Crippen LogP contribution in [0.1, 0.15) is 16.3 Å². The van der Waals surface area contributed by atoms with Crippen molar-refractivity contribution in [3.63, 3.8) is 0 Å². The molecule has 0 N–H and O–H groups in total. The fourth-order valence-electron chi connectivity index (χ4n) is 4.30. The number of rotatable bonds is 1. The number of hydrogen-bond donors (Lipinski definition) is 0. The highest BCUT2D eigenvalue weighted by Gasteiger charge is 2.31. The number of fused-ring (bicyclic) bond motifs is 5. The number of aryl methyl sites for hydroxylation is 1. The van der Waals surface area contributed by atoms with Gasteiger partial charge in [0.15, 0.2) is 5.76 Å². The zero-order valence-electron chi connectivity index (χ0n) is 16.6. The number of benzene rings is 3. The summed E-state index contributed by atoms with van der Waals surface area (Å²) in [5.41, 5.74) is 6.82. The SMILES string of the molecule is CN1c2ccccc2/C(=C\c2sc3ccccc3[n+]2C)c2oc3ccccc3c21.[I-]. The second-order valence-corrected chi connectivity index (χ2v) is 8.44. The van der Waals surface area contributed by atoms with Gasteiger partial charge in [0.05, 0.1) is 5.69 Å². The van der Waals surface area contributed by atoms with Crippen molar-refractivity contribution >= 4 is 55.5 Å². The van der Waals surface area contributed by atoms with Crippen molar-refractivity contribution in [1.82, 2.24) is 0 Å². The average molecular weight is 522 g/mol. The third-order valence-electron chi connectivity index (χ3n) is 5.74. The van der Waals surface area contributed by atoms with Crippen LogP contribution in [0.3, 0.4) is 0 Å². The van der Waals surface area contributed by atoms with E-state index in [4.69, 9.17) is 4.42 Å². The van der Waals surface area contributed by atoms with E-state index in [-0.39, 0.29) is 24.0 Å². The molecule has 3 aromatic carbocycles. The van der Waals surface area contributed by atoms with Crippen LogP contribution >= 0.6 is 11.3 Å². The Bertz CT molecular complexity index is 1450. The zero-order valence-corrected chi connectivity index (χ0v) is 19.6. The predicted molar refractivity (Wildman–Crippen MR) is 121 cm³/mol. The van der Waals surface area contributed by atoms with Gasteiger partial charge in [0.1, 0.15) is 17.3 Å². The summed E-state index contributed by atoms with van der Waals surface area (Å²) >= 11 is 1.81. The topological polar surface area (TPSA) is 20.3 Å². The predicted octanol–water partition coefficient (Wildman–Crippen LogP) is 3.15. The first-order valence-corrected chi connectivity index (χ1v) is 10.5. The van der Waals surface area contributed by atoms with Gasteiger partial charge in [-0.15, -0.1) is 0 Å². The van der Waals surface area contributed by atoms with Crippen LogP contribution in [-0.2, 0) is 7.05 Å². The lowest BCUT2D eigenvalue weighted by Crippen LogP contribution is -3.00. The second-order valence-electron chi connectivity index (χ2n) is 7.38. The normalized spacial score (nSPS) is 14.1. The number of halogens is 1. The fraction of sp³-hybridized carbons (Fsp3) is 0.0800. The first-order chi connectivity index (χ1) is 14.2. The van der Waals surface area contributed by atoms with E-state index in [1.165, 1.54) is 26.5 Å². The van der Waals surface area contributed by atoms with Crippen LogP contribution in [-0.4, -0.2) is 7.05 Å². The summed E-state index contributed by atoms with van der Waals surface area (Å²) in [4.78, 5) is 2.25. The zero-order chi connectivity index (χ0) is 19.5. The molecule has 30 heavy (non-hydrogen) atoms. The molecular weight excluding hydrogens is 503 g/mol. The van der Waals surface area contributed by atoms with E-state index in [1.54, 1.807) is 11.3 Å². The van der Waals surface area contributed by atoms with Crippen LogP contribution in [0.2, 0.25) is 0 Å². The van der Waals surface area contributed by atoms with Crippen molar-refractivity contribution in [3.05, 3.63) is 89.1 Å². The van der Waals surface area contributed by atoms with Crippen molar-refractivity contribution in [3.8, 4) is 0 Å². The standard InChI is InChI=1S/C25H19N2OS.HI/c1-26-20-12-6-8-14-22(20)29-23(26)15-18-16-9-3-5-11-19(16)27(2)24-17-10-4-7-13-21(17)28-25(18)24;/h3-15H,1-2H3;1H/q+1;/p-1. The molecule has 0 aliphatic carbocycles. The van der Waals surface area contributed by atoms with Gasteiger partial charge in [0, 0.05) is 41.4 Å². The summed E-state index contributed by atoms with van der Waals surface area (Å²) in [6.45, 7) is 0. The summed E-state index contributed by atoms with van der Waals surface area (Å²) in [6.07, 6.45) is 2.28. The molecule has 6 rings (SSSR count). The number of hydrogen-bond acceptors (Lipinski definition) is 3. The summed E-state index contributed by atoms with van der Waals surface area (Å²) in [6, 6.07) is 25.4. The highest BCUT2D eigenvalue weighted by Crippen LogP contribution is 2.49. The van der Waals surface area contributed by atoms with Crippen LogP contribution in [0.15, 0.2) is 77.2 Å². The summed E-state index contributed by atoms with van der Waals surface area (Å²) in [7, 11) is 4.25. The Hall–Kier alpha value is -2.64. The molecule has 0 saturated carbocycles. The molecule has 0 amide bonds. The molecule has 5 aromatic rings. The molecule has 3 heterocycles. The van der Waals surface area contributed by atoms with Gasteiger partial charge < -0.3 is 33.3 Å². The second kappa shape index (κ2) is 7.25. The molecule has 0 fully saturated rings. The average Bonchev–Trinajstić information content (AvgIpc) is 3.29. The molecule has 3 nitrogen and oxygen atoms in total. The molecule has 1 aliphatic heterocycles. The Labute approximate surface area is 195 Å². The van der Waals surface area contributed by atoms with Gasteiger partial charge >= 0.3 is 0 Å². The molecule has 0 atom stereocenters. The number of aromatic nitrogens is 1. The molecule has 0 unspecified atom stereocenters. The minimum Gasteiger partial charge on any atom is -1.00 e. The summed E-state index contributed by atoms with van der Waals surface area (Å²) < 4.78 is 9.95. The first-order valence-electron chi connectivity index (χ1n) is 9.66. The third-order valence-corrected chi connectivity index (χ3v) is 6.91. The Morgan fingerprint density at radius 2 is 1.67 bits per heavy atom. The highest BCUT2D eigenvalue weighted by molar-refractivity contribution is 7.18. The molecule has 5 heteroatoms. The van der Waals surface area contributed by atoms with Gasteiger partial charge in [-0.1, -0.05) is 53.8 Å². The van der Waals surface area contributed by atoms with Gasteiger partial charge in [0.2, 0.25) is 5.52 Å². The number of para-hydroxylation sites is 3. The Morgan fingerprint density at radius 3 is 2.53 bits per heavy atom. The molecule has 0 spiro atoms. The van der Waals surface area contributed by atoms with E-state index in [2.05, 4.69) is 90.3 Å². The van der Waals surface area contributed by atoms with Gasteiger partial charge in [-0.3, -0.25) is 0 Å². The van der Waals surface area contributed by atoms with Crippen LogP contribution in [0.4, 0.5) is 11.4 Å². The summed E-state index contributed by atoms with van der Waals surface area (Å²) in [5.74, 6) is 0.935. The minimum absolute atomic E-state index is 0. The Morgan fingerprint density at radius 1 is 0.933 bits per heavy atom. The fourth-order valence-corrected chi connectivity index (χ4v) is 5.39. The maximum Gasteiger partial charge on any atom is 0.263 e. The molecule has 1 aliphatic rings. The molecule has 2 aromatic heterocycles. The minimum atomic E-state index is 0. The first kappa shape index (κ1) is 19.3. The van der Waals surface area contributed by atoms with E-state index >= 15 is 0 Å². The summed E-state index contributed by atoms with van der Waals surface area (Å²) in [5, 5.41) is 2.35. The highest BCUT2D eigenvalue weighted by atomic mass is 127. The maximum absolute atomic E-state index is 6.40. The largest absolute Gasteiger partial charge is 1.00 e. The maximum atomic E-state index is 6.40. The molecular formula is C25H19IN2OS. The van der Waals surface area contributed by atoms with Crippen molar-refractivity contribution in [1.29, 1.82) is 0 Å². The lowest BCUT2D eigenvalue weighted by molar-refractivity contribution is -0.642. The quantitative estimate of drug-likeness (QED) is 0.249. The van der Waals surface area contributed by atoms with E-state index in [0.29, 0.717) is 0 Å². The van der Waals surface area contributed by atoms with Gasteiger partial charge in [-0.2, -0.15) is 4.57 Å². The smallest absolute Gasteiger partial charge is 0.263 e.